The molecule has 2 aromatic rings. The van der Waals surface area contributed by atoms with Gasteiger partial charge in [-0.2, -0.15) is 0 Å². The van der Waals surface area contributed by atoms with Crippen LogP contribution in [-0.2, 0) is 6.42 Å². The van der Waals surface area contributed by atoms with Crippen LogP contribution >= 0.6 is 15.9 Å². The zero-order chi connectivity index (χ0) is 15.4. The van der Waals surface area contributed by atoms with Crippen molar-refractivity contribution >= 4 is 27.4 Å². The lowest BCUT2D eigenvalue weighted by atomic mass is 9.97. The van der Waals surface area contributed by atoms with Gasteiger partial charge in [0, 0.05) is 21.3 Å². The van der Waals surface area contributed by atoms with Gasteiger partial charge in [0.2, 0.25) is 0 Å². The van der Waals surface area contributed by atoms with Crippen molar-refractivity contribution in [3.63, 3.8) is 0 Å². The molecule has 0 aliphatic carbocycles. The quantitative estimate of drug-likeness (QED) is 0.617. The molecule has 0 aliphatic heterocycles. The summed E-state index contributed by atoms with van der Waals surface area (Å²) < 4.78 is 0.827. The standard InChI is InChI=1S/C18H20BrNO/c1-3-4-5-13-6-8-14(9-7-13)18(21)16-10-15(19)11-17(20)12(16)2/h6-11H,3-5,20H2,1-2H3. The number of anilines is 1. The van der Waals surface area contributed by atoms with Gasteiger partial charge in [-0.05, 0) is 43.0 Å². The predicted molar refractivity (Wildman–Crippen MR) is 91.8 cm³/mol. The Morgan fingerprint density at radius 2 is 1.86 bits per heavy atom. The van der Waals surface area contributed by atoms with E-state index in [0.29, 0.717) is 16.8 Å². The van der Waals surface area contributed by atoms with Crippen molar-refractivity contribution in [2.45, 2.75) is 33.1 Å². The number of aryl methyl sites for hydroxylation is 1. The zero-order valence-electron chi connectivity index (χ0n) is 12.4. The number of rotatable bonds is 5. The van der Waals surface area contributed by atoms with Gasteiger partial charge in [0.1, 0.15) is 0 Å². The summed E-state index contributed by atoms with van der Waals surface area (Å²) in [6.07, 6.45) is 3.42. The number of unbranched alkanes of at least 4 members (excludes halogenated alkanes) is 1. The van der Waals surface area contributed by atoms with Gasteiger partial charge < -0.3 is 5.73 Å². The van der Waals surface area contributed by atoms with E-state index in [1.807, 2.05) is 43.3 Å². The van der Waals surface area contributed by atoms with Crippen LogP contribution in [0.4, 0.5) is 5.69 Å². The van der Waals surface area contributed by atoms with E-state index < -0.39 is 0 Å². The number of nitrogens with two attached hydrogens (primary N) is 1. The Labute approximate surface area is 134 Å². The predicted octanol–water partition coefficient (Wildman–Crippen LogP) is 4.91. The molecule has 2 nitrogen and oxygen atoms in total. The second kappa shape index (κ2) is 6.90. The fourth-order valence-corrected chi connectivity index (χ4v) is 2.77. The summed E-state index contributed by atoms with van der Waals surface area (Å²) in [7, 11) is 0. The average Bonchev–Trinajstić information content (AvgIpc) is 2.48. The third kappa shape index (κ3) is 3.73. The normalized spacial score (nSPS) is 10.6. The van der Waals surface area contributed by atoms with Crippen molar-refractivity contribution in [1.29, 1.82) is 0 Å². The maximum Gasteiger partial charge on any atom is 0.193 e. The number of benzene rings is 2. The molecular formula is C18H20BrNO. The van der Waals surface area contributed by atoms with Gasteiger partial charge in [-0.1, -0.05) is 53.5 Å². The Balaban J connectivity index is 2.28. The van der Waals surface area contributed by atoms with Crippen molar-refractivity contribution in [2.75, 3.05) is 5.73 Å². The molecule has 21 heavy (non-hydrogen) atoms. The lowest BCUT2D eigenvalue weighted by molar-refractivity contribution is 0.103. The van der Waals surface area contributed by atoms with Crippen LogP contribution < -0.4 is 5.73 Å². The molecule has 3 heteroatoms. The molecule has 0 amide bonds. The first kappa shape index (κ1) is 15.8. The molecule has 0 aliphatic rings. The summed E-state index contributed by atoms with van der Waals surface area (Å²) in [5.74, 6) is 0.0162. The largest absolute Gasteiger partial charge is 0.398 e. The molecule has 0 atom stereocenters. The molecule has 110 valence electrons. The Kier molecular flexibility index (Phi) is 5.18. The molecular weight excluding hydrogens is 326 g/mol. The fraction of sp³-hybridized carbons (Fsp3) is 0.278. The van der Waals surface area contributed by atoms with Crippen molar-refractivity contribution in [2.24, 2.45) is 0 Å². The Hall–Kier alpha value is -1.61. The van der Waals surface area contributed by atoms with Crippen molar-refractivity contribution in [3.05, 3.63) is 63.1 Å². The molecule has 0 heterocycles. The van der Waals surface area contributed by atoms with Crippen molar-refractivity contribution in [3.8, 4) is 0 Å². The Morgan fingerprint density at radius 1 is 1.19 bits per heavy atom. The highest BCUT2D eigenvalue weighted by Crippen LogP contribution is 2.25. The van der Waals surface area contributed by atoms with Crippen LogP contribution in [0.2, 0.25) is 0 Å². The van der Waals surface area contributed by atoms with Gasteiger partial charge in [0.25, 0.3) is 0 Å². The van der Waals surface area contributed by atoms with Crippen LogP contribution in [0.15, 0.2) is 40.9 Å². The van der Waals surface area contributed by atoms with Gasteiger partial charge in [-0.25, -0.2) is 0 Å². The molecule has 2 rings (SSSR count). The van der Waals surface area contributed by atoms with E-state index in [-0.39, 0.29) is 5.78 Å². The van der Waals surface area contributed by atoms with E-state index >= 15 is 0 Å². The molecule has 0 saturated carbocycles. The van der Waals surface area contributed by atoms with Crippen LogP contribution in [0, 0.1) is 6.92 Å². The van der Waals surface area contributed by atoms with Gasteiger partial charge in [-0.3, -0.25) is 4.79 Å². The third-order valence-corrected chi connectivity index (χ3v) is 4.15. The maximum absolute atomic E-state index is 12.6. The molecule has 0 aromatic heterocycles. The lowest BCUT2D eigenvalue weighted by Crippen LogP contribution is -2.06. The summed E-state index contributed by atoms with van der Waals surface area (Å²) in [5.41, 5.74) is 10.0. The smallest absolute Gasteiger partial charge is 0.193 e. The molecule has 0 radical (unpaired) electrons. The number of halogens is 1. The van der Waals surface area contributed by atoms with Crippen LogP contribution in [0.25, 0.3) is 0 Å². The lowest BCUT2D eigenvalue weighted by Gasteiger charge is -2.09. The van der Waals surface area contributed by atoms with E-state index in [2.05, 4.69) is 22.9 Å². The molecule has 2 N–H and O–H groups in total. The van der Waals surface area contributed by atoms with Crippen LogP contribution in [-0.4, -0.2) is 5.78 Å². The number of nitrogen functional groups attached to an aromatic ring is 1. The van der Waals surface area contributed by atoms with Crippen molar-refractivity contribution < 1.29 is 4.79 Å². The minimum atomic E-state index is 0.0162. The van der Waals surface area contributed by atoms with E-state index in [4.69, 9.17) is 5.73 Å². The summed E-state index contributed by atoms with van der Waals surface area (Å²) >= 11 is 3.40. The molecule has 0 spiro atoms. The van der Waals surface area contributed by atoms with E-state index in [1.54, 1.807) is 0 Å². The summed E-state index contributed by atoms with van der Waals surface area (Å²) in [5, 5.41) is 0. The minimum absolute atomic E-state index is 0.0162. The fourth-order valence-electron chi connectivity index (χ4n) is 2.30. The number of ketones is 1. The summed E-state index contributed by atoms with van der Waals surface area (Å²) in [4.78, 5) is 12.6. The highest BCUT2D eigenvalue weighted by molar-refractivity contribution is 9.10. The SMILES string of the molecule is CCCCc1ccc(C(=O)c2cc(Br)cc(N)c2C)cc1. The highest BCUT2D eigenvalue weighted by atomic mass is 79.9. The molecule has 0 fully saturated rings. The van der Waals surface area contributed by atoms with Gasteiger partial charge in [0.15, 0.2) is 5.78 Å². The summed E-state index contributed by atoms with van der Waals surface area (Å²) in [6, 6.07) is 11.5. The maximum atomic E-state index is 12.6. The topological polar surface area (TPSA) is 43.1 Å². The first-order chi connectivity index (χ1) is 10.0. The van der Waals surface area contributed by atoms with Gasteiger partial charge >= 0.3 is 0 Å². The van der Waals surface area contributed by atoms with Crippen LogP contribution in [0.5, 0.6) is 0 Å². The molecule has 0 unspecified atom stereocenters. The molecule has 0 bridgehead atoms. The summed E-state index contributed by atoms with van der Waals surface area (Å²) in [6.45, 7) is 4.06. The van der Waals surface area contributed by atoms with Crippen molar-refractivity contribution in [1.82, 2.24) is 0 Å². The zero-order valence-corrected chi connectivity index (χ0v) is 14.0. The van der Waals surface area contributed by atoms with E-state index in [1.165, 1.54) is 18.4 Å². The number of carbonyl (C=O) groups is 1. The number of carbonyl (C=O) groups excluding carboxylic acids is 1. The monoisotopic (exact) mass is 345 g/mol. The Bertz CT molecular complexity index is 647. The van der Waals surface area contributed by atoms with E-state index in [9.17, 15) is 4.79 Å². The van der Waals surface area contributed by atoms with Crippen LogP contribution in [0.3, 0.4) is 0 Å². The minimum Gasteiger partial charge on any atom is -0.398 e. The highest BCUT2D eigenvalue weighted by Gasteiger charge is 2.14. The first-order valence-electron chi connectivity index (χ1n) is 7.22. The third-order valence-electron chi connectivity index (χ3n) is 3.69. The van der Waals surface area contributed by atoms with Gasteiger partial charge in [0.05, 0.1) is 0 Å². The Morgan fingerprint density at radius 3 is 2.48 bits per heavy atom. The first-order valence-corrected chi connectivity index (χ1v) is 8.01. The second-order valence-electron chi connectivity index (χ2n) is 5.30. The second-order valence-corrected chi connectivity index (χ2v) is 6.21. The molecule has 0 saturated heterocycles. The average molecular weight is 346 g/mol. The molecule has 2 aromatic carbocycles. The van der Waals surface area contributed by atoms with Gasteiger partial charge in [-0.15, -0.1) is 0 Å². The number of hydrogen-bond acceptors (Lipinski definition) is 2. The van der Waals surface area contributed by atoms with Crippen LogP contribution in [0.1, 0.15) is 46.8 Å². The van der Waals surface area contributed by atoms with E-state index in [0.717, 1.165) is 16.5 Å². The number of hydrogen-bond donors (Lipinski definition) is 1.